The Morgan fingerprint density at radius 3 is 2.62 bits per heavy atom. The van der Waals surface area contributed by atoms with Crippen LogP contribution in [0.2, 0.25) is 0 Å². The maximum Gasteiger partial charge on any atom is 0.291 e. The number of carbonyl (C=O) groups excluding carboxylic acids is 1. The molecule has 0 atom stereocenters. The number of hydrogen-bond donors (Lipinski definition) is 1. The first kappa shape index (κ1) is 16.5. The van der Waals surface area contributed by atoms with Crippen LogP contribution in [0.5, 0.6) is 0 Å². The molecule has 0 spiro atoms. The van der Waals surface area contributed by atoms with E-state index >= 15 is 0 Å². The average Bonchev–Trinajstić information content (AvgIpc) is 3.12. The summed E-state index contributed by atoms with van der Waals surface area (Å²) in [6.07, 6.45) is 0. The van der Waals surface area contributed by atoms with Gasteiger partial charge >= 0.3 is 0 Å². The minimum absolute atomic E-state index is 0.264. The lowest BCUT2D eigenvalue weighted by Gasteiger charge is -2.07. The molecule has 0 saturated carbocycles. The van der Waals surface area contributed by atoms with Gasteiger partial charge in [0.25, 0.3) is 5.91 Å². The van der Waals surface area contributed by atoms with E-state index in [-0.39, 0.29) is 11.7 Å². The first-order valence-electron chi connectivity index (χ1n) is 8.14. The monoisotopic (exact) mass is 406 g/mol. The van der Waals surface area contributed by atoms with Crippen molar-refractivity contribution in [3.05, 3.63) is 82.7 Å². The number of hydrogen-bond acceptors (Lipinski definition) is 3. The second-order valence-electron chi connectivity index (χ2n) is 5.95. The number of fused-ring (bicyclic) bond motifs is 1. The number of aromatic nitrogens is 1. The fourth-order valence-corrected chi connectivity index (χ4v) is 3.04. The standard InChI is InChI=1S/C21H15BrN2O2/c1-13-5-10-16-17(23-13)3-2-4-18(16)24-21(25)20-12-11-19(26-20)14-6-8-15(22)9-7-14/h2-12H,1H3,(H,24,25). The largest absolute Gasteiger partial charge is 0.451 e. The lowest BCUT2D eigenvalue weighted by molar-refractivity contribution is 0.0997. The Kier molecular flexibility index (Phi) is 4.31. The minimum Gasteiger partial charge on any atom is -0.451 e. The molecule has 0 aliphatic carbocycles. The lowest BCUT2D eigenvalue weighted by atomic mass is 10.1. The van der Waals surface area contributed by atoms with Crippen molar-refractivity contribution in [2.45, 2.75) is 6.92 Å². The molecule has 26 heavy (non-hydrogen) atoms. The Morgan fingerprint density at radius 2 is 1.81 bits per heavy atom. The highest BCUT2D eigenvalue weighted by Crippen LogP contribution is 2.26. The molecule has 0 saturated heterocycles. The van der Waals surface area contributed by atoms with Crippen LogP contribution in [-0.2, 0) is 0 Å². The Bertz CT molecular complexity index is 1100. The number of amides is 1. The number of carbonyl (C=O) groups is 1. The summed E-state index contributed by atoms with van der Waals surface area (Å²) in [5.41, 5.74) is 3.41. The van der Waals surface area contributed by atoms with Crippen molar-refractivity contribution in [1.29, 1.82) is 0 Å². The van der Waals surface area contributed by atoms with Crippen molar-refractivity contribution in [1.82, 2.24) is 4.98 Å². The third-order valence-electron chi connectivity index (χ3n) is 4.08. The van der Waals surface area contributed by atoms with Gasteiger partial charge < -0.3 is 9.73 Å². The van der Waals surface area contributed by atoms with E-state index in [1.807, 2.05) is 61.5 Å². The summed E-state index contributed by atoms with van der Waals surface area (Å²) in [5, 5.41) is 3.81. The van der Waals surface area contributed by atoms with Crippen LogP contribution in [0.15, 0.2) is 75.6 Å². The van der Waals surface area contributed by atoms with Gasteiger partial charge in [-0.1, -0.05) is 34.1 Å². The number of anilines is 1. The number of pyridine rings is 1. The first-order chi connectivity index (χ1) is 12.6. The van der Waals surface area contributed by atoms with Gasteiger partial charge in [-0.05, 0) is 55.5 Å². The predicted molar refractivity (Wildman–Crippen MR) is 106 cm³/mol. The quantitative estimate of drug-likeness (QED) is 0.466. The van der Waals surface area contributed by atoms with Gasteiger partial charge in [0.2, 0.25) is 0 Å². The zero-order valence-corrected chi connectivity index (χ0v) is 15.6. The number of halogens is 1. The second-order valence-corrected chi connectivity index (χ2v) is 6.87. The average molecular weight is 407 g/mol. The number of nitrogens with zero attached hydrogens (tertiary/aromatic N) is 1. The molecule has 0 fully saturated rings. The maximum absolute atomic E-state index is 12.6. The number of furan rings is 1. The molecule has 128 valence electrons. The van der Waals surface area contributed by atoms with E-state index in [0.29, 0.717) is 11.4 Å². The SMILES string of the molecule is Cc1ccc2c(NC(=O)c3ccc(-c4ccc(Br)cc4)o3)cccc2n1. The van der Waals surface area contributed by atoms with Gasteiger partial charge in [0.15, 0.2) is 5.76 Å². The highest BCUT2D eigenvalue weighted by atomic mass is 79.9. The van der Waals surface area contributed by atoms with Crippen molar-refractivity contribution < 1.29 is 9.21 Å². The van der Waals surface area contributed by atoms with E-state index in [1.165, 1.54) is 0 Å². The Balaban J connectivity index is 1.60. The summed E-state index contributed by atoms with van der Waals surface area (Å²) in [5.74, 6) is 0.624. The Labute approximate surface area is 159 Å². The molecule has 2 heterocycles. The molecule has 1 amide bonds. The summed E-state index contributed by atoms with van der Waals surface area (Å²) in [6, 6.07) is 20.8. The maximum atomic E-state index is 12.6. The van der Waals surface area contributed by atoms with E-state index in [4.69, 9.17) is 4.42 Å². The summed E-state index contributed by atoms with van der Waals surface area (Å²) in [4.78, 5) is 17.1. The zero-order chi connectivity index (χ0) is 18.1. The highest BCUT2D eigenvalue weighted by molar-refractivity contribution is 9.10. The normalized spacial score (nSPS) is 10.8. The molecule has 0 aliphatic heterocycles. The van der Waals surface area contributed by atoms with Crippen molar-refractivity contribution in [3.63, 3.8) is 0 Å². The fraction of sp³-hybridized carbons (Fsp3) is 0.0476. The summed E-state index contributed by atoms with van der Waals surface area (Å²) < 4.78 is 6.72. The molecular formula is C21H15BrN2O2. The van der Waals surface area contributed by atoms with Crippen LogP contribution in [0.25, 0.3) is 22.2 Å². The van der Waals surface area contributed by atoms with Crippen LogP contribution in [0, 0.1) is 6.92 Å². The van der Waals surface area contributed by atoms with E-state index < -0.39 is 0 Å². The topological polar surface area (TPSA) is 55.1 Å². The number of aryl methyl sites for hydroxylation is 1. The molecule has 5 heteroatoms. The van der Waals surface area contributed by atoms with Crippen LogP contribution < -0.4 is 5.32 Å². The van der Waals surface area contributed by atoms with E-state index in [9.17, 15) is 4.79 Å². The van der Waals surface area contributed by atoms with E-state index in [1.54, 1.807) is 12.1 Å². The molecule has 1 N–H and O–H groups in total. The van der Waals surface area contributed by atoms with Crippen LogP contribution in [0.3, 0.4) is 0 Å². The van der Waals surface area contributed by atoms with Gasteiger partial charge in [-0.25, -0.2) is 0 Å². The van der Waals surface area contributed by atoms with E-state index in [0.717, 1.165) is 26.6 Å². The predicted octanol–water partition coefficient (Wildman–Crippen LogP) is 5.82. The third kappa shape index (κ3) is 3.26. The summed E-state index contributed by atoms with van der Waals surface area (Å²) >= 11 is 3.41. The zero-order valence-electron chi connectivity index (χ0n) is 14.0. The third-order valence-corrected chi connectivity index (χ3v) is 4.61. The van der Waals surface area contributed by atoms with Gasteiger partial charge in [-0.2, -0.15) is 0 Å². The van der Waals surface area contributed by atoms with Crippen molar-refractivity contribution in [3.8, 4) is 11.3 Å². The molecule has 0 unspecified atom stereocenters. The van der Waals surface area contributed by atoms with Gasteiger partial charge in [0.1, 0.15) is 5.76 Å². The Morgan fingerprint density at radius 1 is 1.00 bits per heavy atom. The van der Waals surface area contributed by atoms with Crippen LogP contribution >= 0.6 is 15.9 Å². The smallest absolute Gasteiger partial charge is 0.291 e. The molecule has 0 aliphatic rings. The molecule has 0 bridgehead atoms. The Hall–Kier alpha value is -2.92. The molecule has 0 radical (unpaired) electrons. The first-order valence-corrected chi connectivity index (χ1v) is 8.93. The van der Waals surface area contributed by atoms with E-state index in [2.05, 4.69) is 26.2 Å². The van der Waals surface area contributed by atoms with Crippen LogP contribution in [-0.4, -0.2) is 10.9 Å². The van der Waals surface area contributed by atoms with Gasteiger partial charge in [0.05, 0.1) is 11.2 Å². The molecule has 2 aromatic heterocycles. The molecule has 4 nitrogen and oxygen atoms in total. The molecule has 2 aromatic carbocycles. The van der Waals surface area contributed by atoms with Crippen molar-refractivity contribution in [2.24, 2.45) is 0 Å². The number of rotatable bonds is 3. The second kappa shape index (κ2) is 6.77. The van der Waals surface area contributed by atoms with Crippen LogP contribution in [0.1, 0.15) is 16.2 Å². The van der Waals surface area contributed by atoms with Crippen molar-refractivity contribution in [2.75, 3.05) is 5.32 Å². The minimum atomic E-state index is -0.290. The highest BCUT2D eigenvalue weighted by Gasteiger charge is 2.14. The van der Waals surface area contributed by atoms with Gasteiger partial charge in [-0.15, -0.1) is 0 Å². The molecular weight excluding hydrogens is 392 g/mol. The molecule has 4 aromatic rings. The fourth-order valence-electron chi connectivity index (χ4n) is 2.78. The van der Waals surface area contributed by atoms with Gasteiger partial charge in [-0.3, -0.25) is 9.78 Å². The molecule has 4 rings (SSSR count). The summed E-state index contributed by atoms with van der Waals surface area (Å²) in [6.45, 7) is 1.94. The van der Waals surface area contributed by atoms with Gasteiger partial charge in [0, 0.05) is 21.1 Å². The lowest BCUT2D eigenvalue weighted by Crippen LogP contribution is -2.11. The summed E-state index contributed by atoms with van der Waals surface area (Å²) in [7, 11) is 0. The van der Waals surface area contributed by atoms with Crippen LogP contribution in [0.4, 0.5) is 5.69 Å². The number of benzene rings is 2. The number of nitrogens with one attached hydrogen (secondary N) is 1. The van der Waals surface area contributed by atoms with Crippen molar-refractivity contribution >= 4 is 38.4 Å².